The van der Waals surface area contributed by atoms with Crippen LogP contribution in [0.4, 0.5) is 0 Å². The topological polar surface area (TPSA) is 26.3 Å². The van der Waals surface area contributed by atoms with Gasteiger partial charge in [-0.25, -0.2) is 0 Å². The summed E-state index contributed by atoms with van der Waals surface area (Å²) in [6, 6.07) is 9.20. The summed E-state index contributed by atoms with van der Waals surface area (Å²) < 4.78 is 5.29. The number of cyclic esters (lactones) is 1. The maximum Gasteiger partial charge on any atom is 0.309 e. The minimum atomic E-state index is 0.0107. The Kier molecular flexibility index (Phi) is 4.65. The average Bonchev–Trinajstić information content (AvgIpc) is 2.60. The molecule has 0 bridgehead atoms. The molecule has 3 fully saturated rings. The van der Waals surface area contributed by atoms with E-state index in [4.69, 9.17) is 4.74 Å². The standard InChI is InChI=1S/C22H30O2/c1-15-2-4-16(5-3-15)17-6-8-18(9-7-17)19-10-12-20(13-11-19)21-14-22(23)24-21/h2-5,17-21H,6-14H2,1H3/t17-,18-,19-,20-,21?. The molecular formula is C22H30O2. The Labute approximate surface area is 146 Å². The highest BCUT2D eigenvalue weighted by atomic mass is 16.6. The van der Waals surface area contributed by atoms with Crippen LogP contribution in [0.25, 0.3) is 0 Å². The van der Waals surface area contributed by atoms with Crippen molar-refractivity contribution in [2.24, 2.45) is 17.8 Å². The van der Waals surface area contributed by atoms with Gasteiger partial charge in [-0.15, -0.1) is 0 Å². The lowest BCUT2D eigenvalue weighted by molar-refractivity contribution is -0.176. The molecule has 2 saturated carbocycles. The molecule has 1 aliphatic heterocycles. The Hall–Kier alpha value is -1.31. The van der Waals surface area contributed by atoms with Crippen molar-refractivity contribution in [2.75, 3.05) is 0 Å². The molecule has 24 heavy (non-hydrogen) atoms. The van der Waals surface area contributed by atoms with Gasteiger partial charge < -0.3 is 4.74 Å². The van der Waals surface area contributed by atoms with Gasteiger partial charge in [0.2, 0.25) is 0 Å². The van der Waals surface area contributed by atoms with Gasteiger partial charge in [0.25, 0.3) is 0 Å². The average molecular weight is 326 g/mol. The Balaban J connectivity index is 1.24. The van der Waals surface area contributed by atoms with Crippen molar-refractivity contribution in [3.63, 3.8) is 0 Å². The first-order chi connectivity index (χ1) is 11.7. The molecule has 0 N–H and O–H groups in total. The zero-order valence-corrected chi connectivity index (χ0v) is 14.9. The van der Waals surface area contributed by atoms with Crippen molar-refractivity contribution < 1.29 is 9.53 Å². The molecule has 2 nitrogen and oxygen atoms in total. The van der Waals surface area contributed by atoms with Gasteiger partial charge in [-0.05, 0) is 87.5 Å². The number of carbonyl (C=O) groups excluding carboxylic acids is 1. The normalized spacial score (nSPS) is 36.7. The van der Waals surface area contributed by atoms with Crippen molar-refractivity contribution >= 4 is 5.97 Å². The maximum atomic E-state index is 11.0. The number of aryl methyl sites for hydroxylation is 1. The molecule has 1 atom stereocenters. The Morgan fingerprint density at radius 2 is 1.29 bits per heavy atom. The number of benzene rings is 1. The zero-order chi connectivity index (χ0) is 16.5. The highest BCUT2D eigenvalue weighted by molar-refractivity contribution is 5.75. The molecule has 3 aliphatic rings. The molecule has 0 spiro atoms. The maximum absolute atomic E-state index is 11.0. The fraction of sp³-hybridized carbons (Fsp3) is 0.682. The molecule has 0 radical (unpaired) electrons. The molecule has 4 rings (SSSR count). The van der Waals surface area contributed by atoms with Crippen LogP contribution >= 0.6 is 0 Å². The fourth-order valence-electron chi connectivity index (χ4n) is 5.34. The predicted octanol–water partition coefficient (Wildman–Crippen LogP) is 5.39. The second-order valence-electron chi connectivity index (χ2n) is 8.43. The van der Waals surface area contributed by atoms with Gasteiger partial charge in [-0.3, -0.25) is 4.79 Å². The summed E-state index contributed by atoms with van der Waals surface area (Å²) in [5, 5.41) is 0. The SMILES string of the molecule is Cc1ccc([C@H]2CC[C@H]([C@H]3CC[C@H](C4CC(=O)O4)CC3)CC2)cc1. The minimum Gasteiger partial charge on any atom is -0.461 e. The molecule has 0 amide bonds. The summed E-state index contributed by atoms with van der Waals surface area (Å²) >= 11 is 0. The summed E-state index contributed by atoms with van der Waals surface area (Å²) in [5.41, 5.74) is 2.91. The first-order valence-corrected chi connectivity index (χ1v) is 9.95. The van der Waals surface area contributed by atoms with E-state index in [0.717, 1.165) is 17.8 Å². The summed E-state index contributed by atoms with van der Waals surface area (Å²) in [6.07, 6.45) is 11.8. The first-order valence-electron chi connectivity index (χ1n) is 9.95. The fourth-order valence-corrected chi connectivity index (χ4v) is 5.34. The van der Waals surface area contributed by atoms with Crippen LogP contribution in [0.5, 0.6) is 0 Å². The van der Waals surface area contributed by atoms with Crippen LogP contribution in [0.1, 0.15) is 74.8 Å². The molecule has 1 aromatic rings. The van der Waals surface area contributed by atoms with Gasteiger partial charge in [-0.2, -0.15) is 0 Å². The predicted molar refractivity (Wildman–Crippen MR) is 95.8 cm³/mol. The largest absolute Gasteiger partial charge is 0.461 e. The van der Waals surface area contributed by atoms with Crippen LogP contribution in [0.15, 0.2) is 24.3 Å². The molecule has 130 valence electrons. The van der Waals surface area contributed by atoms with Gasteiger partial charge in [0.05, 0.1) is 6.42 Å². The molecule has 1 unspecified atom stereocenters. The zero-order valence-electron chi connectivity index (χ0n) is 14.9. The molecule has 0 aromatic heterocycles. The second kappa shape index (κ2) is 6.90. The van der Waals surface area contributed by atoms with Crippen LogP contribution in [0, 0.1) is 24.7 Å². The van der Waals surface area contributed by atoms with Crippen LogP contribution in [-0.2, 0) is 9.53 Å². The lowest BCUT2D eigenvalue weighted by atomic mass is 9.67. The number of esters is 1. The van der Waals surface area contributed by atoms with Crippen molar-refractivity contribution in [1.29, 1.82) is 0 Å². The quantitative estimate of drug-likeness (QED) is 0.696. The molecule has 1 heterocycles. The van der Waals surface area contributed by atoms with Crippen LogP contribution in [0.3, 0.4) is 0 Å². The first kappa shape index (κ1) is 16.2. The molecule has 1 aromatic carbocycles. The van der Waals surface area contributed by atoms with Gasteiger partial charge in [-0.1, -0.05) is 29.8 Å². The van der Waals surface area contributed by atoms with E-state index in [1.807, 2.05) is 0 Å². The summed E-state index contributed by atoms with van der Waals surface area (Å²) in [5.74, 6) is 3.32. The summed E-state index contributed by atoms with van der Waals surface area (Å²) in [6.45, 7) is 2.17. The Morgan fingerprint density at radius 3 is 1.83 bits per heavy atom. The minimum absolute atomic E-state index is 0.0107. The van der Waals surface area contributed by atoms with Crippen molar-refractivity contribution in [2.45, 2.75) is 76.7 Å². The van der Waals surface area contributed by atoms with Crippen molar-refractivity contribution in [3.8, 4) is 0 Å². The number of hydrogen-bond donors (Lipinski definition) is 0. The van der Waals surface area contributed by atoms with Gasteiger partial charge >= 0.3 is 5.97 Å². The van der Waals surface area contributed by atoms with E-state index in [9.17, 15) is 4.79 Å². The van der Waals surface area contributed by atoms with Gasteiger partial charge in [0.1, 0.15) is 6.10 Å². The van der Waals surface area contributed by atoms with Crippen LogP contribution in [-0.4, -0.2) is 12.1 Å². The Bertz CT molecular complexity index is 552. The highest BCUT2D eigenvalue weighted by Gasteiger charge is 2.39. The Morgan fingerprint density at radius 1 is 0.792 bits per heavy atom. The number of carbonyl (C=O) groups is 1. The third kappa shape index (κ3) is 3.38. The van der Waals surface area contributed by atoms with E-state index < -0.39 is 0 Å². The van der Waals surface area contributed by atoms with Crippen molar-refractivity contribution in [3.05, 3.63) is 35.4 Å². The van der Waals surface area contributed by atoms with E-state index >= 15 is 0 Å². The molecular weight excluding hydrogens is 296 g/mol. The van der Waals surface area contributed by atoms with Crippen LogP contribution in [0.2, 0.25) is 0 Å². The molecule has 2 aliphatic carbocycles. The second-order valence-corrected chi connectivity index (χ2v) is 8.43. The molecule has 2 heteroatoms. The highest BCUT2D eigenvalue weighted by Crippen LogP contribution is 2.45. The number of rotatable bonds is 3. The van der Waals surface area contributed by atoms with E-state index in [0.29, 0.717) is 12.3 Å². The van der Waals surface area contributed by atoms with Gasteiger partial charge in [0, 0.05) is 0 Å². The van der Waals surface area contributed by atoms with E-state index in [2.05, 4.69) is 31.2 Å². The summed E-state index contributed by atoms with van der Waals surface area (Å²) in [4.78, 5) is 11.0. The monoisotopic (exact) mass is 326 g/mol. The summed E-state index contributed by atoms with van der Waals surface area (Å²) in [7, 11) is 0. The van der Waals surface area contributed by atoms with Gasteiger partial charge in [0.15, 0.2) is 0 Å². The smallest absolute Gasteiger partial charge is 0.309 e. The third-order valence-corrected chi connectivity index (χ3v) is 6.98. The lowest BCUT2D eigenvalue weighted by Gasteiger charge is -2.41. The van der Waals surface area contributed by atoms with E-state index in [1.165, 1.54) is 56.9 Å². The van der Waals surface area contributed by atoms with Crippen LogP contribution < -0.4 is 0 Å². The number of hydrogen-bond acceptors (Lipinski definition) is 2. The number of ether oxygens (including phenoxy) is 1. The third-order valence-electron chi connectivity index (χ3n) is 6.98. The van der Waals surface area contributed by atoms with E-state index in [1.54, 1.807) is 5.56 Å². The molecule has 1 saturated heterocycles. The lowest BCUT2D eigenvalue weighted by Crippen LogP contribution is -2.41. The van der Waals surface area contributed by atoms with Crippen molar-refractivity contribution in [1.82, 2.24) is 0 Å². The van der Waals surface area contributed by atoms with E-state index in [-0.39, 0.29) is 12.1 Å².